The van der Waals surface area contributed by atoms with Crippen LogP contribution in [0.4, 0.5) is 0 Å². The van der Waals surface area contributed by atoms with Crippen LogP contribution in [0.3, 0.4) is 0 Å². The summed E-state index contributed by atoms with van der Waals surface area (Å²) in [5.74, 6) is -0.224. The molecule has 0 saturated heterocycles. The van der Waals surface area contributed by atoms with Gasteiger partial charge in [0, 0.05) is 17.7 Å². The van der Waals surface area contributed by atoms with Crippen molar-refractivity contribution in [1.82, 2.24) is 5.32 Å². The van der Waals surface area contributed by atoms with Crippen molar-refractivity contribution in [2.24, 2.45) is 0 Å². The van der Waals surface area contributed by atoms with Crippen molar-refractivity contribution in [3.05, 3.63) is 39.6 Å². The molecule has 0 unspecified atom stereocenters. The van der Waals surface area contributed by atoms with Crippen LogP contribution in [0, 0.1) is 0 Å². The standard InChI is InChI=1S/C17H19Cl2NO3/c1-16(23-2)5-7-17(8-6-16)14(21)13(15(22)20-17)11-4-3-10(18)9-12(11)19/h3-4,9,21H,5-8H2,1-2H3,(H,20,22). The molecule has 1 aliphatic heterocycles. The summed E-state index contributed by atoms with van der Waals surface area (Å²) in [5.41, 5.74) is -0.180. The second-order valence-electron chi connectivity index (χ2n) is 6.54. The van der Waals surface area contributed by atoms with Gasteiger partial charge < -0.3 is 15.2 Å². The minimum Gasteiger partial charge on any atom is -0.509 e. The molecular formula is C17H19Cl2NO3. The number of aliphatic hydroxyl groups is 1. The average Bonchev–Trinajstić information content (AvgIpc) is 2.75. The first kappa shape index (κ1) is 16.6. The minimum absolute atomic E-state index is 0.0740. The van der Waals surface area contributed by atoms with Gasteiger partial charge in [0.2, 0.25) is 0 Å². The fourth-order valence-electron chi connectivity index (χ4n) is 3.40. The SMILES string of the molecule is COC1(C)CCC2(CC1)NC(=O)C(c1ccc(Cl)cc1Cl)=C2O. The van der Waals surface area contributed by atoms with E-state index in [1.807, 2.05) is 6.92 Å². The highest BCUT2D eigenvalue weighted by atomic mass is 35.5. The fourth-order valence-corrected chi connectivity index (χ4v) is 3.90. The van der Waals surface area contributed by atoms with Crippen LogP contribution in [0.25, 0.3) is 5.57 Å². The maximum absolute atomic E-state index is 12.5. The van der Waals surface area contributed by atoms with E-state index in [9.17, 15) is 9.90 Å². The topological polar surface area (TPSA) is 58.6 Å². The molecule has 1 amide bonds. The van der Waals surface area contributed by atoms with Crippen molar-refractivity contribution < 1.29 is 14.6 Å². The van der Waals surface area contributed by atoms with Crippen LogP contribution in [0.2, 0.25) is 10.0 Å². The van der Waals surface area contributed by atoms with Gasteiger partial charge in [0.05, 0.1) is 21.7 Å². The number of methoxy groups -OCH3 is 1. The van der Waals surface area contributed by atoms with E-state index in [2.05, 4.69) is 5.32 Å². The van der Waals surface area contributed by atoms with Crippen molar-refractivity contribution in [1.29, 1.82) is 0 Å². The monoisotopic (exact) mass is 355 g/mol. The molecule has 23 heavy (non-hydrogen) atoms. The quantitative estimate of drug-likeness (QED) is 0.838. The number of hydrogen-bond acceptors (Lipinski definition) is 3. The van der Waals surface area contributed by atoms with E-state index in [1.165, 1.54) is 0 Å². The lowest BCUT2D eigenvalue weighted by molar-refractivity contribution is -0.117. The van der Waals surface area contributed by atoms with E-state index >= 15 is 0 Å². The number of carbonyl (C=O) groups is 1. The van der Waals surface area contributed by atoms with Gasteiger partial charge in [0.25, 0.3) is 5.91 Å². The Labute approximate surface area is 145 Å². The largest absolute Gasteiger partial charge is 0.509 e. The van der Waals surface area contributed by atoms with Crippen LogP contribution in [0.5, 0.6) is 0 Å². The molecule has 2 N–H and O–H groups in total. The molecule has 4 nitrogen and oxygen atoms in total. The number of carbonyl (C=O) groups excluding carboxylic acids is 1. The molecule has 1 spiro atoms. The Balaban J connectivity index is 1.98. The van der Waals surface area contributed by atoms with Crippen LogP contribution in [0.1, 0.15) is 38.2 Å². The van der Waals surface area contributed by atoms with Crippen molar-refractivity contribution in [2.75, 3.05) is 7.11 Å². The predicted octanol–water partition coefficient (Wildman–Crippen LogP) is 4.11. The lowest BCUT2D eigenvalue weighted by Gasteiger charge is -2.42. The molecule has 6 heteroatoms. The number of amides is 1. The molecule has 1 aromatic rings. The molecule has 0 bridgehead atoms. The summed E-state index contributed by atoms with van der Waals surface area (Å²) in [6.45, 7) is 2.05. The third kappa shape index (κ3) is 2.73. The Morgan fingerprint density at radius 2 is 1.87 bits per heavy atom. The van der Waals surface area contributed by atoms with Crippen molar-refractivity contribution in [3.8, 4) is 0 Å². The van der Waals surface area contributed by atoms with Gasteiger partial charge in [-0.25, -0.2) is 0 Å². The first-order chi connectivity index (χ1) is 10.8. The molecule has 1 aliphatic carbocycles. The van der Waals surface area contributed by atoms with E-state index in [4.69, 9.17) is 27.9 Å². The zero-order valence-corrected chi connectivity index (χ0v) is 14.6. The summed E-state index contributed by atoms with van der Waals surface area (Å²) in [6.07, 6.45) is 2.78. The molecular weight excluding hydrogens is 337 g/mol. The van der Waals surface area contributed by atoms with Gasteiger partial charge in [0.15, 0.2) is 0 Å². The third-order valence-electron chi connectivity index (χ3n) is 5.12. The summed E-state index contributed by atoms with van der Waals surface area (Å²) >= 11 is 12.1. The molecule has 0 radical (unpaired) electrons. The van der Waals surface area contributed by atoms with Crippen molar-refractivity contribution in [2.45, 2.75) is 43.7 Å². The summed E-state index contributed by atoms with van der Waals surface area (Å²) in [4.78, 5) is 12.5. The summed E-state index contributed by atoms with van der Waals surface area (Å²) in [7, 11) is 1.69. The summed E-state index contributed by atoms with van der Waals surface area (Å²) in [6, 6.07) is 4.89. The maximum atomic E-state index is 12.5. The molecule has 3 rings (SSSR count). The molecule has 2 aliphatic rings. The van der Waals surface area contributed by atoms with Crippen LogP contribution in [0.15, 0.2) is 24.0 Å². The maximum Gasteiger partial charge on any atom is 0.256 e. The Kier molecular flexibility index (Phi) is 4.11. The normalized spacial score (nSPS) is 30.9. The van der Waals surface area contributed by atoms with Gasteiger partial charge in [-0.15, -0.1) is 0 Å². The second-order valence-corrected chi connectivity index (χ2v) is 7.38. The van der Waals surface area contributed by atoms with Gasteiger partial charge in [-0.1, -0.05) is 29.3 Å². The molecule has 1 saturated carbocycles. The second kappa shape index (κ2) is 5.69. The highest BCUT2D eigenvalue weighted by Gasteiger charge is 2.50. The van der Waals surface area contributed by atoms with E-state index in [-0.39, 0.29) is 22.8 Å². The first-order valence-electron chi connectivity index (χ1n) is 7.57. The number of aliphatic hydroxyl groups excluding tert-OH is 1. The third-order valence-corrected chi connectivity index (χ3v) is 5.67. The van der Waals surface area contributed by atoms with E-state index in [0.29, 0.717) is 28.5 Å². The Hall–Kier alpha value is -1.23. The number of nitrogens with one attached hydrogen (secondary N) is 1. The van der Waals surface area contributed by atoms with Crippen LogP contribution in [-0.4, -0.2) is 29.3 Å². The molecule has 1 heterocycles. The molecule has 0 atom stereocenters. The van der Waals surface area contributed by atoms with Gasteiger partial charge in [-0.2, -0.15) is 0 Å². The zero-order valence-electron chi connectivity index (χ0n) is 13.1. The summed E-state index contributed by atoms with van der Waals surface area (Å²) in [5, 5.41) is 14.6. The lowest BCUT2D eigenvalue weighted by Crippen LogP contribution is -2.51. The lowest BCUT2D eigenvalue weighted by atomic mass is 9.74. The molecule has 1 fully saturated rings. The first-order valence-corrected chi connectivity index (χ1v) is 8.33. The predicted molar refractivity (Wildman–Crippen MR) is 90.8 cm³/mol. The van der Waals surface area contributed by atoms with E-state index < -0.39 is 5.54 Å². The van der Waals surface area contributed by atoms with Gasteiger partial charge in [-0.3, -0.25) is 4.79 Å². The number of ether oxygens (including phenoxy) is 1. The van der Waals surface area contributed by atoms with Crippen molar-refractivity contribution >= 4 is 34.7 Å². The Morgan fingerprint density at radius 1 is 1.22 bits per heavy atom. The highest BCUT2D eigenvalue weighted by Crippen LogP contribution is 2.45. The minimum atomic E-state index is -0.715. The molecule has 0 aromatic heterocycles. The number of halogens is 2. The van der Waals surface area contributed by atoms with Crippen LogP contribution in [-0.2, 0) is 9.53 Å². The van der Waals surface area contributed by atoms with Crippen LogP contribution < -0.4 is 5.32 Å². The Morgan fingerprint density at radius 3 is 2.43 bits per heavy atom. The van der Waals surface area contributed by atoms with Gasteiger partial charge in [0.1, 0.15) is 5.76 Å². The highest BCUT2D eigenvalue weighted by molar-refractivity contribution is 6.37. The molecule has 1 aromatic carbocycles. The van der Waals surface area contributed by atoms with Gasteiger partial charge >= 0.3 is 0 Å². The molecule has 124 valence electrons. The summed E-state index contributed by atoms with van der Waals surface area (Å²) < 4.78 is 5.54. The van der Waals surface area contributed by atoms with Crippen molar-refractivity contribution in [3.63, 3.8) is 0 Å². The number of benzene rings is 1. The van der Waals surface area contributed by atoms with E-state index in [1.54, 1.807) is 25.3 Å². The zero-order chi connectivity index (χ0) is 16.8. The fraction of sp³-hybridized carbons (Fsp3) is 0.471. The number of hydrogen-bond donors (Lipinski definition) is 2. The smallest absolute Gasteiger partial charge is 0.256 e. The van der Waals surface area contributed by atoms with E-state index in [0.717, 1.165) is 12.8 Å². The van der Waals surface area contributed by atoms with Gasteiger partial charge in [-0.05, 0) is 44.7 Å². The van der Waals surface area contributed by atoms with Crippen LogP contribution >= 0.6 is 23.2 Å². The number of rotatable bonds is 2. The average molecular weight is 356 g/mol. The Bertz CT molecular complexity index is 691.